The van der Waals surface area contributed by atoms with Crippen LogP contribution in [0.3, 0.4) is 0 Å². The first-order valence-corrected chi connectivity index (χ1v) is 8.70. The molecule has 3 atom stereocenters. The maximum Gasteiger partial charge on any atom is 0.232 e. The molecule has 2 aromatic carbocycles. The molecule has 7 heteroatoms. The third kappa shape index (κ3) is 4.94. The number of nitrogens with zero attached hydrogens (tertiary/aromatic N) is 2. The first-order chi connectivity index (χ1) is 12.3. The van der Waals surface area contributed by atoms with Gasteiger partial charge in [0.1, 0.15) is 11.8 Å². The molecule has 2 aromatic rings. The van der Waals surface area contributed by atoms with E-state index in [2.05, 4.69) is 0 Å². The molecule has 0 amide bonds. The normalized spacial score (nSPS) is 14.7. The number of ether oxygens (including phenoxy) is 1. The Morgan fingerprint density at radius 3 is 2.23 bits per heavy atom. The van der Waals surface area contributed by atoms with Crippen molar-refractivity contribution in [2.24, 2.45) is 0 Å². The molecule has 26 heavy (non-hydrogen) atoms. The number of hydrogen-bond acceptors (Lipinski definition) is 5. The van der Waals surface area contributed by atoms with Gasteiger partial charge in [-0.25, -0.2) is 0 Å². The van der Waals surface area contributed by atoms with Crippen molar-refractivity contribution in [2.45, 2.75) is 38.4 Å². The summed E-state index contributed by atoms with van der Waals surface area (Å²) in [5.74, 6) is 0.653. The van der Waals surface area contributed by atoms with E-state index in [0.29, 0.717) is 22.8 Å². The molecule has 0 aliphatic carbocycles. The van der Waals surface area contributed by atoms with E-state index in [4.69, 9.17) is 16.3 Å². The van der Waals surface area contributed by atoms with Gasteiger partial charge in [0.15, 0.2) is 0 Å². The lowest BCUT2D eigenvalue weighted by Gasteiger charge is -2.32. The zero-order chi connectivity index (χ0) is 19.3. The topological polar surface area (TPSA) is 75.8 Å². The standard InChI is InChI=1S/C19H23ClN2O4/c1-13(12-15-4-8-17(20)9-5-15)21(23)19(14(2)22(24)25)16-6-10-18(26-3)11-7-16/h4-11,13-14,19,23H,12H2,1-3H3. The Morgan fingerprint density at radius 2 is 1.73 bits per heavy atom. The fourth-order valence-corrected chi connectivity index (χ4v) is 3.02. The van der Waals surface area contributed by atoms with Gasteiger partial charge in [-0.15, -0.1) is 0 Å². The molecule has 0 saturated carbocycles. The molecule has 3 unspecified atom stereocenters. The third-order valence-electron chi connectivity index (χ3n) is 4.43. The molecule has 0 aliphatic heterocycles. The van der Waals surface area contributed by atoms with E-state index in [1.54, 1.807) is 43.5 Å². The lowest BCUT2D eigenvalue weighted by atomic mass is 9.97. The van der Waals surface area contributed by atoms with Gasteiger partial charge in [-0.1, -0.05) is 35.9 Å². The van der Waals surface area contributed by atoms with Crippen LogP contribution in [-0.2, 0) is 6.42 Å². The summed E-state index contributed by atoms with van der Waals surface area (Å²) in [5, 5.41) is 23.9. The molecule has 0 aliphatic rings. The van der Waals surface area contributed by atoms with Gasteiger partial charge < -0.3 is 9.94 Å². The van der Waals surface area contributed by atoms with E-state index in [1.165, 1.54) is 6.92 Å². The van der Waals surface area contributed by atoms with Crippen molar-refractivity contribution in [3.8, 4) is 5.75 Å². The molecule has 0 fully saturated rings. The quantitative estimate of drug-likeness (QED) is 0.545. The first kappa shape index (κ1) is 20.2. The Labute approximate surface area is 158 Å². The molecule has 0 saturated heterocycles. The number of nitro groups is 1. The molecule has 140 valence electrons. The molecule has 1 N–H and O–H groups in total. The van der Waals surface area contributed by atoms with E-state index >= 15 is 0 Å². The monoisotopic (exact) mass is 378 g/mol. The summed E-state index contributed by atoms with van der Waals surface area (Å²) in [6.45, 7) is 3.32. The molecule has 6 nitrogen and oxygen atoms in total. The van der Waals surface area contributed by atoms with Crippen molar-refractivity contribution in [1.82, 2.24) is 5.06 Å². The largest absolute Gasteiger partial charge is 0.497 e. The van der Waals surface area contributed by atoms with Crippen LogP contribution in [0.2, 0.25) is 5.02 Å². The van der Waals surface area contributed by atoms with E-state index in [-0.39, 0.29) is 11.0 Å². The maximum absolute atomic E-state index is 11.4. The predicted octanol–water partition coefficient (Wildman–Crippen LogP) is 4.38. The maximum atomic E-state index is 11.4. The van der Waals surface area contributed by atoms with Crippen LogP contribution in [0.15, 0.2) is 48.5 Å². The highest BCUT2D eigenvalue weighted by atomic mass is 35.5. The average molecular weight is 379 g/mol. The lowest BCUT2D eigenvalue weighted by molar-refractivity contribution is -0.533. The molecule has 0 aromatic heterocycles. The number of rotatable bonds is 8. The average Bonchev–Trinajstić information content (AvgIpc) is 2.64. The third-order valence-corrected chi connectivity index (χ3v) is 4.68. The summed E-state index contributed by atoms with van der Waals surface area (Å²) in [6, 6.07) is 12.2. The van der Waals surface area contributed by atoms with Crippen LogP contribution in [-0.4, -0.2) is 34.4 Å². The van der Waals surface area contributed by atoms with Crippen LogP contribution in [0.4, 0.5) is 0 Å². The SMILES string of the molecule is COc1ccc(C(C(C)[N+](=O)[O-])N(O)C(C)Cc2ccc(Cl)cc2)cc1. The zero-order valence-corrected chi connectivity index (χ0v) is 15.8. The zero-order valence-electron chi connectivity index (χ0n) is 15.0. The Hall–Kier alpha value is -2.15. The van der Waals surface area contributed by atoms with Crippen LogP contribution >= 0.6 is 11.6 Å². The number of benzene rings is 2. The lowest BCUT2D eigenvalue weighted by Crippen LogP contribution is -2.42. The fourth-order valence-electron chi connectivity index (χ4n) is 2.90. The van der Waals surface area contributed by atoms with Gasteiger partial charge in [-0.05, 0) is 48.7 Å². The Balaban J connectivity index is 2.24. The number of hydroxylamine groups is 2. The van der Waals surface area contributed by atoms with Gasteiger partial charge >= 0.3 is 0 Å². The second-order valence-electron chi connectivity index (χ2n) is 6.30. The molecule has 0 bridgehead atoms. The summed E-state index contributed by atoms with van der Waals surface area (Å²) in [5.41, 5.74) is 1.64. The predicted molar refractivity (Wildman–Crippen MR) is 100 cm³/mol. The van der Waals surface area contributed by atoms with Crippen LogP contribution < -0.4 is 4.74 Å². The van der Waals surface area contributed by atoms with Crippen molar-refractivity contribution in [3.05, 3.63) is 74.8 Å². The highest BCUT2D eigenvalue weighted by Crippen LogP contribution is 2.29. The summed E-state index contributed by atoms with van der Waals surface area (Å²) in [4.78, 5) is 11.0. The molecule has 0 heterocycles. The summed E-state index contributed by atoms with van der Waals surface area (Å²) in [6.07, 6.45) is 0.532. The molecular weight excluding hydrogens is 356 g/mol. The van der Waals surface area contributed by atoms with Crippen molar-refractivity contribution in [2.75, 3.05) is 7.11 Å². The van der Waals surface area contributed by atoms with E-state index in [0.717, 1.165) is 10.6 Å². The highest BCUT2D eigenvalue weighted by molar-refractivity contribution is 6.30. The molecule has 2 rings (SSSR count). The van der Waals surface area contributed by atoms with Crippen LogP contribution in [0.5, 0.6) is 5.75 Å². The van der Waals surface area contributed by atoms with Gasteiger partial charge in [0.25, 0.3) is 0 Å². The summed E-state index contributed by atoms with van der Waals surface area (Å²) < 4.78 is 5.13. The highest BCUT2D eigenvalue weighted by Gasteiger charge is 2.35. The van der Waals surface area contributed by atoms with Gasteiger partial charge in [0, 0.05) is 22.9 Å². The molecule has 0 radical (unpaired) electrons. The minimum atomic E-state index is -0.985. The minimum absolute atomic E-state index is 0.328. The minimum Gasteiger partial charge on any atom is -0.497 e. The summed E-state index contributed by atoms with van der Waals surface area (Å²) in [7, 11) is 1.55. The Morgan fingerprint density at radius 1 is 1.15 bits per heavy atom. The van der Waals surface area contributed by atoms with Gasteiger partial charge in [-0.2, -0.15) is 5.06 Å². The molecule has 0 spiro atoms. The van der Waals surface area contributed by atoms with E-state index < -0.39 is 12.1 Å². The first-order valence-electron chi connectivity index (χ1n) is 8.32. The second-order valence-corrected chi connectivity index (χ2v) is 6.74. The van der Waals surface area contributed by atoms with E-state index in [9.17, 15) is 15.3 Å². The fraction of sp³-hybridized carbons (Fsp3) is 0.368. The van der Waals surface area contributed by atoms with Crippen LogP contribution in [0, 0.1) is 10.1 Å². The van der Waals surface area contributed by atoms with Crippen molar-refractivity contribution >= 4 is 11.6 Å². The smallest absolute Gasteiger partial charge is 0.232 e. The van der Waals surface area contributed by atoms with Gasteiger partial charge in [0.2, 0.25) is 6.04 Å². The number of halogens is 1. The van der Waals surface area contributed by atoms with Crippen LogP contribution in [0.25, 0.3) is 0 Å². The van der Waals surface area contributed by atoms with Crippen LogP contribution in [0.1, 0.15) is 31.0 Å². The number of methoxy groups -OCH3 is 1. The second kappa shape index (κ2) is 8.98. The van der Waals surface area contributed by atoms with Crippen molar-refractivity contribution < 1.29 is 14.9 Å². The van der Waals surface area contributed by atoms with Gasteiger partial charge in [0.05, 0.1) is 7.11 Å². The molecular formula is C19H23ClN2O4. The Bertz CT molecular complexity index is 721. The van der Waals surface area contributed by atoms with Gasteiger partial charge in [-0.3, -0.25) is 10.1 Å². The number of hydrogen-bond donors (Lipinski definition) is 1. The Kier molecular flexibility index (Phi) is 6.97. The van der Waals surface area contributed by atoms with Crippen molar-refractivity contribution in [1.29, 1.82) is 0 Å². The van der Waals surface area contributed by atoms with Crippen molar-refractivity contribution in [3.63, 3.8) is 0 Å². The van der Waals surface area contributed by atoms with E-state index in [1.807, 2.05) is 19.1 Å². The summed E-state index contributed by atoms with van der Waals surface area (Å²) >= 11 is 5.90.